The molecule has 0 atom stereocenters. The van der Waals surface area contributed by atoms with Crippen LogP contribution >= 0.6 is 0 Å². The summed E-state index contributed by atoms with van der Waals surface area (Å²) in [5.74, 6) is -1.14. The molecule has 0 saturated carbocycles. The standard InChI is InChI=1S/C18H22N2O5/c1-5-24-16(21)13-10(2)20-11-7-6-8-12(14(11)15(13)19)25-9-18(3,4)17(22)23/h6-8H,5,9H2,1-4H3,(H2,19,20)(H,22,23). The zero-order valence-electron chi connectivity index (χ0n) is 14.8. The van der Waals surface area contributed by atoms with Crippen LogP contribution in [0.5, 0.6) is 5.75 Å². The van der Waals surface area contributed by atoms with Gasteiger partial charge in [-0.05, 0) is 39.8 Å². The third-order valence-corrected chi connectivity index (χ3v) is 3.84. The molecule has 0 fully saturated rings. The summed E-state index contributed by atoms with van der Waals surface area (Å²) in [6, 6.07) is 5.16. The number of carbonyl (C=O) groups excluding carboxylic acids is 1. The van der Waals surface area contributed by atoms with Gasteiger partial charge in [-0.15, -0.1) is 0 Å². The molecule has 0 spiro atoms. The maximum atomic E-state index is 12.2. The van der Waals surface area contributed by atoms with Crippen molar-refractivity contribution in [3.63, 3.8) is 0 Å². The van der Waals surface area contributed by atoms with Crippen molar-refractivity contribution in [2.45, 2.75) is 27.7 Å². The lowest BCUT2D eigenvalue weighted by Gasteiger charge is -2.21. The number of nitrogens with zero attached hydrogens (tertiary/aromatic N) is 1. The van der Waals surface area contributed by atoms with E-state index in [4.69, 9.17) is 15.2 Å². The fraction of sp³-hybridized carbons (Fsp3) is 0.389. The van der Waals surface area contributed by atoms with E-state index in [9.17, 15) is 14.7 Å². The Morgan fingerprint density at radius 3 is 2.60 bits per heavy atom. The fourth-order valence-electron chi connectivity index (χ4n) is 2.34. The molecule has 1 aromatic carbocycles. The molecule has 0 radical (unpaired) electrons. The van der Waals surface area contributed by atoms with Crippen molar-refractivity contribution in [2.75, 3.05) is 18.9 Å². The van der Waals surface area contributed by atoms with Gasteiger partial charge in [0.25, 0.3) is 0 Å². The summed E-state index contributed by atoms with van der Waals surface area (Å²) in [6.45, 7) is 6.69. The summed E-state index contributed by atoms with van der Waals surface area (Å²) >= 11 is 0. The molecule has 7 nitrogen and oxygen atoms in total. The van der Waals surface area contributed by atoms with Crippen LogP contribution in [-0.2, 0) is 9.53 Å². The van der Waals surface area contributed by atoms with E-state index in [1.165, 1.54) is 0 Å². The summed E-state index contributed by atoms with van der Waals surface area (Å²) in [7, 11) is 0. The van der Waals surface area contributed by atoms with Crippen LogP contribution in [0, 0.1) is 12.3 Å². The normalized spacial score (nSPS) is 11.4. The Kier molecular flexibility index (Phi) is 5.15. The number of aryl methyl sites for hydroxylation is 1. The third kappa shape index (κ3) is 3.65. The van der Waals surface area contributed by atoms with Crippen molar-refractivity contribution in [1.29, 1.82) is 0 Å². The van der Waals surface area contributed by atoms with Gasteiger partial charge in [-0.3, -0.25) is 9.78 Å². The number of benzene rings is 1. The molecule has 2 rings (SSSR count). The van der Waals surface area contributed by atoms with Crippen LogP contribution < -0.4 is 10.5 Å². The Morgan fingerprint density at radius 2 is 2.00 bits per heavy atom. The first-order chi connectivity index (χ1) is 11.7. The quantitative estimate of drug-likeness (QED) is 0.773. The second kappa shape index (κ2) is 6.96. The predicted molar refractivity (Wildman–Crippen MR) is 93.8 cm³/mol. The molecule has 0 bridgehead atoms. The summed E-state index contributed by atoms with van der Waals surface area (Å²) in [6.07, 6.45) is 0. The Labute approximate surface area is 145 Å². The zero-order valence-corrected chi connectivity index (χ0v) is 14.8. The average molecular weight is 346 g/mol. The number of pyridine rings is 1. The van der Waals surface area contributed by atoms with Gasteiger partial charge in [-0.1, -0.05) is 6.07 Å². The van der Waals surface area contributed by atoms with Gasteiger partial charge in [-0.25, -0.2) is 4.79 Å². The lowest BCUT2D eigenvalue weighted by atomic mass is 9.95. The number of carbonyl (C=O) groups is 2. The van der Waals surface area contributed by atoms with E-state index in [1.807, 2.05) is 0 Å². The molecule has 0 aliphatic heterocycles. The molecule has 134 valence electrons. The number of hydrogen-bond acceptors (Lipinski definition) is 6. The van der Waals surface area contributed by atoms with Crippen molar-refractivity contribution in [1.82, 2.24) is 4.98 Å². The van der Waals surface area contributed by atoms with Gasteiger partial charge in [-0.2, -0.15) is 0 Å². The number of aliphatic carboxylic acids is 1. The lowest BCUT2D eigenvalue weighted by Crippen LogP contribution is -2.30. The monoisotopic (exact) mass is 346 g/mol. The number of esters is 1. The van der Waals surface area contributed by atoms with Crippen molar-refractivity contribution in [3.8, 4) is 5.75 Å². The summed E-state index contributed by atoms with van der Waals surface area (Å²) in [5, 5.41) is 9.69. The van der Waals surface area contributed by atoms with Crippen LogP contribution in [0.4, 0.5) is 5.69 Å². The van der Waals surface area contributed by atoms with Crippen LogP contribution in [0.1, 0.15) is 36.8 Å². The molecule has 0 aliphatic carbocycles. The van der Waals surface area contributed by atoms with Crippen molar-refractivity contribution >= 4 is 28.5 Å². The van der Waals surface area contributed by atoms with Gasteiger partial charge in [0.15, 0.2) is 0 Å². The van der Waals surface area contributed by atoms with E-state index in [-0.39, 0.29) is 24.5 Å². The first kappa shape index (κ1) is 18.5. The number of fused-ring (bicyclic) bond motifs is 1. The van der Waals surface area contributed by atoms with E-state index in [0.29, 0.717) is 22.3 Å². The average Bonchev–Trinajstić information content (AvgIpc) is 2.52. The van der Waals surface area contributed by atoms with Crippen molar-refractivity contribution < 1.29 is 24.2 Å². The minimum Gasteiger partial charge on any atom is -0.492 e. The highest BCUT2D eigenvalue weighted by molar-refractivity contribution is 6.07. The largest absolute Gasteiger partial charge is 0.492 e. The molecule has 3 N–H and O–H groups in total. The zero-order chi connectivity index (χ0) is 18.8. The number of nitrogen functional groups attached to an aromatic ring is 1. The number of carboxylic acid groups (broad SMARTS) is 1. The van der Waals surface area contributed by atoms with Crippen LogP contribution in [-0.4, -0.2) is 35.2 Å². The Balaban J connectivity index is 2.54. The molecule has 0 unspecified atom stereocenters. The molecular formula is C18H22N2O5. The van der Waals surface area contributed by atoms with E-state index in [1.54, 1.807) is 45.9 Å². The van der Waals surface area contributed by atoms with Gasteiger partial charge < -0.3 is 20.3 Å². The molecule has 0 saturated heterocycles. The van der Waals surface area contributed by atoms with Gasteiger partial charge in [0, 0.05) is 0 Å². The van der Waals surface area contributed by atoms with Crippen LogP contribution in [0.15, 0.2) is 18.2 Å². The van der Waals surface area contributed by atoms with Crippen molar-refractivity contribution in [3.05, 3.63) is 29.5 Å². The maximum absolute atomic E-state index is 12.2. The number of hydrogen-bond donors (Lipinski definition) is 2. The molecule has 1 heterocycles. The number of carboxylic acids is 1. The maximum Gasteiger partial charge on any atom is 0.342 e. The lowest BCUT2D eigenvalue weighted by molar-refractivity contribution is -0.148. The first-order valence-corrected chi connectivity index (χ1v) is 7.91. The Bertz CT molecular complexity index is 830. The number of rotatable bonds is 6. The smallest absolute Gasteiger partial charge is 0.342 e. The Hall–Kier alpha value is -2.83. The van der Waals surface area contributed by atoms with E-state index < -0.39 is 17.4 Å². The minimum absolute atomic E-state index is 0.0521. The van der Waals surface area contributed by atoms with Gasteiger partial charge >= 0.3 is 11.9 Å². The summed E-state index contributed by atoms with van der Waals surface area (Å²) < 4.78 is 10.8. The molecule has 1 aromatic heterocycles. The molecular weight excluding hydrogens is 324 g/mol. The Morgan fingerprint density at radius 1 is 1.32 bits per heavy atom. The first-order valence-electron chi connectivity index (χ1n) is 7.91. The van der Waals surface area contributed by atoms with Crippen LogP contribution in [0.2, 0.25) is 0 Å². The molecule has 0 aliphatic rings. The molecule has 0 amide bonds. The molecule has 7 heteroatoms. The fourth-order valence-corrected chi connectivity index (χ4v) is 2.34. The second-order valence-corrected chi connectivity index (χ2v) is 6.33. The highest BCUT2D eigenvalue weighted by atomic mass is 16.5. The predicted octanol–water partition coefficient (Wildman–Crippen LogP) is 2.79. The van der Waals surface area contributed by atoms with E-state index in [2.05, 4.69) is 4.98 Å². The summed E-state index contributed by atoms with van der Waals surface area (Å²) in [5.41, 5.74) is 6.58. The number of aromatic nitrogens is 1. The van der Waals surface area contributed by atoms with Gasteiger partial charge in [0.05, 0.1) is 34.3 Å². The SMILES string of the molecule is CCOC(=O)c1c(C)nc2cccc(OCC(C)(C)C(=O)O)c2c1N. The highest BCUT2D eigenvalue weighted by Crippen LogP contribution is 2.34. The van der Waals surface area contributed by atoms with Crippen LogP contribution in [0.25, 0.3) is 10.9 Å². The number of nitrogens with two attached hydrogens (primary N) is 1. The van der Waals surface area contributed by atoms with Gasteiger partial charge in [0.2, 0.25) is 0 Å². The van der Waals surface area contributed by atoms with E-state index >= 15 is 0 Å². The topological polar surface area (TPSA) is 112 Å². The minimum atomic E-state index is -1.07. The summed E-state index contributed by atoms with van der Waals surface area (Å²) in [4.78, 5) is 27.8. The molecule has 2 aromatic rings. The number of ether oxygens (including phenoxy) is 2. The molecule has 25 heavy (non-hydrogen) atoms. The second-order valence-electron chi connectivity index (χ2n) is 6.33. The number of anilines is 1. The van der Waals surface area contributed by atoms with Crippen molar-refractivity contribution in [2.24, 2.45) is 5.41 Å². The van der Waals surface area contributed by atoms with Crippen LogP contribution in [0.3, 0.4) is 0 Å². The highest BCUT2D eigenvalue weighted by Gasteiger charge is 2.29. The van der Waals surface area contributed by atoms with Gasteiger partial charge in [0.1, 0.15) is 17.9 Å². The third-order valence-electron chi connectivity index (χ3n) is 3.84. The van der Waals surface area contributed by atoms with E-state index in [0.717, 1.165) is 0 Å².